The molecule has 50 heavy (non-hydrogen) atoms. The van der Waals surface area contributed by atoms with Crippen molar-refractivity contribution in [1.82, 2.24) is 21.3 Å². The van der Waals surface area contributed by atoms with E-state index in [2.05, 4.69) is 76.7 Å². The minimum absolute atomic E-state index is 0.128. The van der Waals surface area contributed by atoms with Crippen LogP contribution in [0.3, 0.4) is 0 Å². The summed E-state index contributed by atoms with van der Waals surface area (Å²) in [5.74, 6) is -0.314. The van der Waals surface area contributed by atoms with E-state index in [4.69, 9.17) is 0 Å². The number of amides is 4. The van der Waals surface area contributed by atoms with Crippen LogP contribution in [0.5, 0.6) is 0 Å². The van der Waals surface area contributed by atoms with Crippen LogP contribution in [0.4, 0.5) is 0 Å². The predicted molar refractivity (Wildman–Crippen MR) is 209 cm³/mol. The number of rotatable bonds is 28. The highest BCUT2D eigenvalue weighted by Crippen LogP contribution is 2.22. The molecule has 4 atom stereocenters. The molecule has 0 saturated heterocycles. The molecule has 1 aromatic carbocycles. The van der Waals surface area contributed by atoms with Gasteiger partial charge in [0.15, 0.2) is 0 Å². The van der Waals surface area contributed by atoms with E-state index >= 15 is 0 Å². The molecule has 4 unspecified atom stereocenters. The normalized spacial score (nSPS) is 13.6. The number of carbonyl (C=O) groups excluding carboxylic acids is 4. The molecule has 0 heterocycles. The van der Waals surface area contributed by atoms with Crippen LogP contribution in [0.15, 0.2) is 12.1 Å². The molecule has 8 nitrogen and oxygen atoms in total. The van der Waals surface area contributed by atoms with Crippen molar-refractivity contribution in [3.63, 3.8) is 0 Å². The van der Waals surface area contributed by atoms with E-state index in [9.17, 15) is 19.2 Å². The molecule has 0 aliphatic rings. The van der Waals surface area contributed by atoms with Gasteiger partial charge in [0, 0.05) is 26.2 Å². The smallest absolute Gasteiger partial charge is 0.252 e. The molecule has 4 amide bonds. The van der Waals surface area contributed by atoms with E-state index in [1.165, 1.54) is 12.1 Å². The van der Waals surface area contributed by atoms with Gasteiger partial charge in [0.25, 0.3) is 23.6 Å². The summed E-state index contributed by atoms with van der Waals surface area (Å²) in [5.41, 5.74) is 0.513. The highest BCUT2D eigenvalue weighted by atomic mass is 16.2. The average molecular weight is 699 g/mol. The Labute approximate surface area is 305 Å². The summed E-state index contributed by atoms with van der Waals surface area (Å²) in [6.07, 6.45) is 16.5. The van der Waals surface area contributed by atoms with Crippen LogP contribution in [0, 0.1) is 23.7 Å². The fourth-order valence-corrected chi connectivity index (χ4v) is 6.45. The van der Waals surface area contributed by atoms with Crippen molar-refractivity contribution in [3.8, 4) is 0 Å². The Hall–Kier alpha value is -2.90. The highest BCUT2D eigenvalue weighted by molar-refractivity contribution is 6.14. The molecule has 4 N–H and O–H groups in total. The first kappa shape index (κ1) is 45.1. The SMILES string of the molecule is CCCCC(CC)CNC(=O)c1cc(C(=O)NCC(CC)CCCC)c(C(=O)NCC(CC)CCCC)cc1C(=O)NCC(CC)CCCC. The van der Waals surface area contributed by atoms with Gasteiger partial charge in [-0.15, -0.1) is 0 Å². The molecule has 286 valence electrons. The molecule has 8 heteroatoms. The molecule has 0 fully saturated rings. The van der Waals surface area contributed by atoms with Crippen LogP contribution in [0.2, 0.25) is 0 Å². The van der Waals surface area contributed by atoms with Crippen molar-refractivity contribution in [2.45, 2.75) is 158 Å². The fraction of sp³-hybridized carbons (Fsp3) is 0.762. The number of nitrogens with one attached hydrogen (secondary N) is 4. The van der Waals surface area contributed by atoms with Gasteiger partial charge in [-0.3, -0.25) is 19.2 Å². The third-order valence-electron chi connectivity index (χ3n) is 10.5. The van der Waals surface area contributed by atoms with Gasteiger partial charge in [-0.05, 0) is 61.5 Å². The molecular weight excluding hydrogens is 624 g/mol. The lowest BCUT2D eigenvalue weighted by Gasteiger charge is -2.21. The quantitative estimate of drug-likeness (QED) is 0.0698. The zero-order valence-electron chi connectivity index (χ0n) is 33.2. The predicted octanol–water partition coefficient (Wildman–Crippen LogP) is 9.47. The van der Waals surface area contributed by atoms with Gasteiger partial charge < -0.3 is 21.3 Å². The summed E-state index contributed by atoms with van der Waals surface area (Å²) in [6.45, 7) is 19.1. The third kappa shape index (κ3) is 16.4. The Morgan fingerprint density at radius 2 is 0.600 bits per heavy atom. The van der Waals surface area contributed by atoms with Crippen molar-refractivity contribution in [2.24, 2.45) is 23.7 Å². The summed E-state index contributed by atoms with van der Waals surface area (Å²) in [5, 5.41) is 12.3. The van der Waals surface area contributed by atoms with Gasteiger partial charge in [0.05, 0.1) is 22.3 Å². The molecule has 0 aromatic heterocycles. The second-order valence-electron chi connectivity index (χ2n) is 14.4. The first-order valence-corrected chi connectivity index (χ1v) is 20.4. The van der Waals surface area contributed by atoms with Gasteiger partial charge in [-0.25, -0.2) is 0 Å². The highest BCUT2D eigenvalue weighted by Gasteiger charge is 2.27. The van der Waals surface area contributed by atoms with E-state index in [-0.39, 0.29) is 22.3 Å². The average Bonchev–Trinajstić information content (AvgIpc) is 3.14. The molecule has 1 aromatic rings. The Kier molecular flexibility index (Phi) is 24.2. The Balaban J connectivity index is 3.65. The van der Waals surface area contributed by atoms with E-state index in [1.54, 1.807) is 0 Å². The number of hydrogen-bond donors (Lipinski definition) is 4. The van der Waals surface area contributed by atoms with Crippen LogP contribution >= 0.6 is 0 Å². The summed E-state index contributed by atoms with van der Waals surface area (Å²) >= 11 is 0. The second-order valence-corrected chi connectivity index (χ2v) is 14.4. The Morgan fingerprint density at radius 1 is 0.400 bits per heavy atom. The van der Waals surface area contributed by atoms with Crippen molar-refractivity contribution in [3.05, 3.63) is 34.4 Å². The Bertz CT molecular complexity index is 967. The van der Waals surface area contributed by atoms with Gasteiger partial charge in [-0.2, -0.15) is 0 Å². The minimum Gasteiger partial charge on any atom is -0.352 e. The summed E-state index contributed by atoms with van der Waals surface area (Å²) in [7, 11) is 0. The van der Waals surface area contributed by atoms with Crippen LogP contribution in [0.1, 0.15) is 200 Å². The van der Waals surface area contributed by atoms with E-state index < -0.39 is 23.6 Å². The summed E-state index contributed by atoms with van der Waals surface area (Å²) in [6, 6.07) is 2.97. The maximum atomic E-state index is 13.9. The zero-order valence-corrected chi connectivity index (χ0v) is 33.2. The van der Waals surface area contributed by atoms with Crippen LogP contribution in [-0.2, 0) is 0 Å². The van der Waals surface area contributed by atoms with E-state index in [1.807, 2.05) is 0 Å². The summed E-state index contributed by atoms with van der Waals surface area (Å²) in [4.78, 5) is 55.7. The Morgan fingerprint density at radius 3 is 0.760 bits per heavy atom. The monoisotopic (exact) mass is 699 g/mol. The number of unbranched alkanes of at least 4 members (excludes halogenated alkanes) is 4. The second kappa shape index (κ2) is 26.8. The zero-order chi connectivity index (χ0) is 37.3. The summed E-state index contributed by atoms with van der Waals surface area (Å²) < 4.78 is 0. The maximum absolute atomic E-state index is 13.9. The molecule has 0 bridgehead atoms. The van der Waals surface area contributed by atoms with Crippen LogP contribution < -0.4 is 21.3 Å². The molecule has 0 aliphatic heterocycles. The third-order valence-corrected chi connectivity index (χ3v) is 10.5. The largest absolute Gasteiger partial charge is 0.352 e. The molecule has 0 spiro atoms. The first-order chi connectivity index (χ1) is 24.1. The van der Waals surface area contributed by atoms with Gasteiger partial charge in [0.1, 0.15) is 0 Å². The minimum atomic E-state index is -0.399. The molecule has 0 radical (unpaired) electrons. The van der Waals surface area contributed by atoms with Crippen molar-refractivity contribution in [2.75, 3.05) is 26.2 Å². The van der Waals surface area contributed by atoms with Crippen LogP contribution in [0.25, 0.3) is 0 Å². The first-order valence-electron chi connectivity index (χ1n) is 20.4. The van der Waals surface area contributed by atoms with Crippen molar-refractivity contribution < 1.29 is 19.2 Å². The van der Waals surface area contributed by atoms with Crippen molar-refractivity contribution in [1.29, 1.82) is 0 Å². The maximum Gasteiger partial charge on any atom is 0.252 e. The lowest BCUT2D eigenvalue weighted by atomic mass is 9.94. The van der Waals surface area contributed by atoms with Gasteiger partial charge in [-0.1, -0.05) is 132 Å². The van der Waals surface area contributed by atoms with Crippen LogP contribution in [-0.4, -0.2) is 49.8 Å². The van der Waals surface area contributed by atoms with E-state index in [0.717, 1.165) is 103 Å². The molecule has 0 saturated carbocycles. The topological polar surface area (TPSA) is 116 Å². The van der Waals surface area contributed by atoms with E-state index in [0.29, 0.717) is 49.9 Å². The number of benzene rings is 1. The van der Waals surface area contributed by atoms with Gasteiger partial charge >= 0.3 is 0 Å². The lowest BCUT2D eigenvalue weighted by Crippen LogP contribution is -2.37. The molecule has 0 aliphatic carbocycles. The molecular formula is C42H74N4O4. The van der Waals surface area contributed by atoms with Crippen molar-refractivity contribution >= 4 is 23.6 Å². The number of hydrogen-bond acceptors (Lipinski definition) is 4. The van der Waals surface area contributed by atoms with Gasteiger partial charge in [0.2, 0.25) is 0 Å². The fourth-order valence-electron chi connectivity index (χ4n) is 6.45. The molecule has 1 rings (SSSR count). The standard InChI is InChI=1S/C42H74N4O4/c1-9-17-21-31(13-5)27-43-39(47)35-25-37(41(49)45-29-33(15-7)23-19-11-3)38(42(50)46-30-34(16-8)24-20-12-4)26-36(35)40(48)44-28-32(14-6)22-18-10-2/h25-26,31-34H,9-24,27-30H2,1-8H3,(H,43,47)(H,44,48)(H,45,49)(H,46,50). The number of carbonyl (C=O) groups is 4. The lowest BCUT2D eigenvalue weighted by molar-refractivity contribution is 0.0900.